The maximum atomic E-state index is 2.54. The van der Waals surface area contributed by atoms with E-state index in [1.165, 1.54) is 88.9 Å². The molecule has 0 aliphatic heterocycles. The fraction of sp³-hybridized carbons (Fsp3) is 0.324. The van der Waals surface area contributed by atoms with Gasteiger partial charge >= 0.3 is 0 Å². The maximum absolute atomic E-state index is 2.54. The van der Waals surface area contributed by atoms with Crippen molar-refractivity contribution in [2.24, 2.45) is 0 Å². The van der Waals surface area contributed by atoms with Crippen LogP contribution in [0.1, 0.15) is 155 Å². The summed E-state index contributed by atoms with van der Waals surface area (Å²) >= 11 is 0. The smallest absolute Gasteiger partial charge is 0.0543 e. The van der Waals surface area contributed by atoms with Crippen LogP contribution in [0.25, 0.3) is 33.0 Å². The minimum Gasteiger partial charge on any atom is -0.310 e. The van der Waals surface area contributed by atoms with Gasteiger partial charge in [0.1, 0.15) is 0 Å². The minimum absolute atomic E-state index is 0.0547. The van der Waals surface area contributed by atoms with E-state index in [0.29, 0.717) is 0 Å². The first kappa shape index (κ1) is 47.3. The highest BCUT2D eigenvalue weighted by molar-refractivity contribution is 6.11. The van der Waals surface area contributed by atoms with Gasteiger partial charge in [-0.15, -0.1) is 0 Å². The van der Waals surface area contributed by atoms with Crippen molar-refractivity contribution in [1.82, 2.24) is 0 Å². The summed E-state index contributed by atoms with van der Waals surface area (Å²) in [5, 5.41) is 2.55. The van der Waals surface area contributed by atoms with Crippen LogP contribution in [-0.2, 0) is 32.5 Å². The van der Waals surface area contributed by atoms with Gasteiger partial charge in [0.05, 0.1) is 5.69 Å². The number of fused-ring (bicyclic) bond motifs is 9. The molecule has 10 rings (SSSR count). The molecule has 0 aromatic heterocycles. The Morgan fingerprint density at radius 1 is 0.314 bits per heavy atom. The standard InChI is InChI=1S/C68H74N2/c1-63(2,3)43-21-29-47(30-22-43)69(48-31-23-44(24-32-48)64(4,5)6)51-37-38-52-55-39-40-56-60-54-20-18-17-19-53(54)59(42-58(60)68(15,16)62(56)61(55)67(13,14)57(52)41-51)70(49-33-25-45(26-34-49)65(7,8)9)50-35-27-46(28-36-50)66(10,11)12/h17-42H,1-16H3. The van der Waals surface area contributed by atoms with Gasteiger partial charge in [-0.2, -0.15) is 0 Å². The highest BCUT2D eigenvalue weighted by Gasteiger charge is 2.47. The molecular formula is C68H74N2. The molecule has 0 saturated heterocycles. The third-order valence-corrected chi connectivity index (χ3v) is 15.9. The number of nitrogens with zero attached hydrogens (tertiary/aromatic N) is 2. The number of hydrogen-bond donors (Lipinski definition) is 0. The average Bonchev–Trinajstić information content (AvgIpc) is 3.67. The number of benzene rings is 8. The Morgan fingerprint density at radius 2 is 0.657 bits per heavy atom. The van der Waals surface area contributed by atoms with Gasteiger partial charge in [0.2, 0.25) is 0 Å². The molecule has 2 aliphatic rings. The van der Waals surface area contributed by atoms with Gasteiger partial charge in [-0.25, -0.2) is 0 Å². The summed E-state index contributed by atoms with van der Waals surface area (Å²) in [7, 11) is 0. The molecule has 0 saturated carbocycles. The van der Waals surface area contributed by atoms with E-state index >= 15 is 0 Å². The molecule has 0 bridgehead atoms. The van der Waals surface area contributed by atoms with Gasteiger partial charge in [0.25, 0.3) is 0 Å². The first-order chi connectivity index (χ1) is 32.8. The van der Waals surface area contributed by atoms with E-state index in [-0.39, 0.29) is 32.5 Å². The van der Waals surface area contributed by atoms with Gasteiger partial charge in [0, 0.05) is 44.7 Å². The Balaban J connectivity index is 1.12. The average molecular weight is 919 g/mol. The highest BCUT2D eigenvalue weighted by atomic mass is 15.1. The van der Waals surface area contributed by atoms with Gasteiger partial charge < -0.3 is 9.80 Å². The van der Waals surface area contributed by atoms with Crippen molar-refractivity contribution in [3.8, 4) is 22.3 Å². The topological polar surface area (TPSA) is 6.48 Å². The van der Waals surface area contributed by atoms with Gasteiger partial charge in [-0.3, -0.25) is 0 Å². The van der Waals surface area contributed by atoms with Crippen molar-refractivity contribution < 1.29 is 0 Å². The quantitative estimate of drug-likeness (QED) is 0.164. The normalized spacial score (nSPS) is 14.8. The first-order valence-corrected chi connectivity index (χ1v) is 25.7. The summed E-state index contributed by atoms with van der Waals surface area (Å²) < 4.78 is 0. The molecule has 356 valence electrons. The molecule has 2 aliphatic carbocycles. The molecule has 0 N–H and O–H groups in total. The Hall–Kier alpha value is -6.38. The molecule has 0 spiro atoms. The lowest BCUT2D eigenvalue weighted by molar-refractivity contribution is 0.590. The molecule has 0 heterocycles. The van der Waals surface area contributed by atoms with Crippen molar-refractivity contribution in [3.63, 3.8) is 0 Å². The van der Waals surface area contributed by atoms with Gasteiger partial charge in [-0.05, 0) is 161 Å². The van der Waals surface area contributed by atoms with Crippen molar-refractivity contribution in [2.75, 3.05) is 9.80 Å². The zero-order chi connectivity index (χ0) is 50.1. The van der Waals surface area contributed by atoms with Crippen molar-refractivity contribution in [3.05, 3.63) is 202 Å². The summed E-state index contributed by atoms with van der Waals surface area (Å²) in [5.41, 5.74) is 23.1. The van der Waals surface area contributed by atoms with Gasteiger partial charge in [-0.1, -0.05) is 202 Å². The molecular weight excluding hydrogens is 845 g/mol. The Bertz CT molecular complexity index is 3180. The molecule has 0 unspecified atom stereocenters. The second kappa shape index (κ2) is 16.1. The Kier molecular flexibility index (Phi) is 10.9. The molecule has 70 heavy (non-hydrogen) atoms. The predicted molar refractivity (Wildman–Crippen MR) is 303 cm³/mol. The van der Waals surface area contributed by atoms with E-state index in [1.54, 1.807) is 0 Å². The van der Waals surface area contributed by atoms with Crippen LogP contribution in [0.4, 0.5) is 34.1 Å². The Morgan fingerprint density at radius 3 is 1.09 bits per heavy atom. The van der Waals surface area contributed by atoms with Crippen LogP contribution in [0.3, 0.4) is 0 Å². The van der Waals surface area contributed by atoms with Crippen LogP contribution in [-0.4, -0.2) is 0 Å². The zero-order valence-electron chi connectivity index (χ0n) is 44.9. The molecule has 8 aromatic carbocycles. The Labute approximate surface area is 420 Å². The predicted octanol–water partition coefficient (Wildman–Crippen LogP) is 19.6. The maximum Gasteiger partial charge on any atom is 0.0543 e. The van der Waals surface area contributed by atoms with E-state index in [9.17, 15) is 0 Å². The molecule has 8 aromatic rings. The van der Waals surface area contributed by atoms with Crippen LogP contribution in [0, 0.1) is 0 Å². The van der Waals surface area contributed by atoms with Crippen LogP contribution in [0.5, 0.6) is 0 Å². The summed E-state index contributed by atoms with van der Waals surface area (Å²) in [4.78, 5) is 4.96. The monoisotopic (exact) mass is 919 g/mol. The molecule has 0 amide bonds. The number of anilines is 6. The molecule has 0 radical (unpaired) electrons. The van der Waals surface area contributed by atoms with E-state index < -0.39 is 0 Å². The number of rotatable bonds is 6. The number of hydrogen-bond acceptors (Lipinski definition) is 2. The molecule has 0 fully saturated rings. The lowest BCUT2D eigenvalue weighted by Crippen LogP contribution is -2.24. The lowest BCUT2D eigenvalue weighted by atomic mass is 9.72. The lowest BCUT2D eigenvalue weighted by Gasteiger charge is -2.33. The largest absolute Gasteiger partial charge is 0.310 e. The second-order valence-corrected chi connectivity index (χ2v) is 25.6. The summed E-state index contributed by atoms with van der Waals surface area (Å²) in [6.45, 7) is 37.4. The zero-order valence-corrected chi connectivity index (χ0v) is 44.9. The second-order valence-electron chi connectivity index (χ2n) is 25.6. The van der Waals surface area contributed by atoms with Crippen LogP contribution >= 0.6 is 0 Å². The van der Waals surface area contributed by atoms with E-state index in [1.807, 2.05) is 0 Å². The summed E-state index contributed by atoms with van der Waals surface area (Å²) in [6, 6.07) is 60.8. The SMILES string of the molecule is CC(C)(C)c1ccc(N(c2ccc(C(C)(C)C)cc2)c2ccc3c(c2)C(C)(C)c2c-3ccc3c2C(C)(C)c2cc(N(c4ccc(C(C)(C)C)cc4)c4ccc(C(C)(C)C)cc4)c4ccccc4c2-3)cc1. The van der Waals surface area contributed by atoms with Crippen LogP contribution in [0.2, 0.25) is 0 Å². The summed E-state index contributed by atoms with van der Waals surface area (Å²) in [5.74, 6) is 0. The van der Waals surface area contributed by atoms with Crippen molar-refractivity contribution in [2.45, 2.75) is 143 Å². The fourth-order valence-electron chi connectivity index (χ4n) is 11.7. The van der Waals surface area contributed by atoms with E-state index in [2.05, 4.69) is 278 Å². The summed E-state index contributed by atoms with van der Waals surface area (Å²) in [6.07, 6.45) is 0. The van der Waals surface area contributed by atoms with E-state index in [4.69, 9.17) is 0 Å². The van der Waals surface area contributed by atoms with Crippen molar-refractivity contribution in [1.29, 1.82) is 0 Å². The van der Waals surface area contributed by atoms with E-state index in [0.717, 1.165) is 22.7 Å². The molecule has 2 heteroatoms. The fourth-order valence-corrected chi connectivity index (χ4v) is 11.7. The first-order valence-electron chi connectivity index (χ1n) is 25.7. The molecule has 2 nitrogen and oxygen atoms in total. The molecule has 0 atom stereocenters. The van der Waals surface area contributed by atoms with Crippen molar-refractivity contribution >= 4 is 44.9 Å². The van der Waals surface area contributed by atoms with Crippen LogP contribution < -0.4 is 9.80 Å². The van der Waals surface area contributed by atoms with Crippen LogP contribution in [0.15, 0.2) is 158 Å². The third-order valence-electron chi connectivity index (χ3n) is 15.9. The van der Waals surface area contributed by atoms with Gasteiger partial charge in [0.15, 0.2) is 0 Å². The highest BCUT2D eigenvalue weighted by Crippen LogP contribution is 2.62. The third kappa shape index (κ3) is 7.78. The minimum atomic E-state index is -0.287.